The Kier molecular flexibility index (Phi) is 6.03. The highest BCUT2D eigenvalue weighted by Crippen LogP contribution is 2.15. The molecule has 0 aliphatic rings. The first-order valence-electron chi connectivity index (χ1n) is 5.96. The molecule has 0 unspecified atom stereocenters. The molecule has 1 aromatic heterocycles. The van der Waals surface area contributed by atoms with E-state index < -0.39 is 5.60 Å². The molecule has 0 bridgehead atoms. The minimum atomic E-state index is -0.447. The van der Waals surface area contributed by atoms with Crippen LogP contribution in [0.25, 0.3) is 0 Å². The summed E-state index contributed by atoms with van der Waals surface area (Å²) < 4.78 is 5.21. The van der Waals surface area contributed by atoms with Gasteiger partial charge in [-0.3, -0.25) is 4.79 Å². The summed E-state index contributed by atoms with van der Waals surface area (Å²) in [4.78, 5) is 12.8. The Labute approximate surface area is 117 Å². The summed E-state index contributed by atoms with van der Waals surface area (Å²) in [6, 6.07) is 1.91. The van der Waals surface area contributed by atoms with E-state index in [-0.39, 0.29) is 12.5 Å². The summed E-state index contributed by atoms with van der Waals surface area (Å²) in [6.07, 6.45) is 0.325. The van der Waals surface area contributed by atoms with E-state index >= 15 is 0 Å². The maximum absolute atomic E-state index is 11.7. The molecule has 19 heavy (non-hydrogen) atoms. The maximum Gasteiger partial charge on any atom is 0.223 e. The molecule has 0 fully saturated rings. The normalized spacial score (nSPS) is 10.7. The Morgan fingerprint density at radius 3 is 2.95 bits per heavy atom. The molecular weight excluding hydrogens is 262 g/mol. The molecule has 2 N–H and O–H groups in total. The first-order valence-corrected chi connectivity index (χ1v) is 6.84. The Morgan fingerprint density at radius 1 is 1.58 bits per heavy atom. The monoisotopic (exact) mass is 281 g/mol. The minimum Gasteiger partial charge on any atom is -0.384 e. The SMILES string of the molecule is COC(C)(C)CC(=O)NCc1cc(C#CCO)cs1. The Bertz CT molecular complexity index is 482. The van der Waals surface area contributed by atoms with Gasteiger partial charge in [-0.15, -0.1) is 11.3 Å². The summed E-state index contributed by atoms with van der Waals surface area (Å²) in [5.41, 5.74) is 0.414. The Balaban J connectivity index is 2.44. The van der Waals surface area contributed by atoms with Crippen LogP contribution in [0.15, 0.2) is 11.4 Å². The standard InChI is InChI=1S/C14H19NO3S/c1-14(2,18-3)8-13(17)15-9-12-7-11(10-19-12)5-4-6-16/h7,10,16H,6,8-9H2,1-3H3,(H,15,17). The predicted molar refractivity (Wildman–Crippen MR) is 75.8 cm³/mol. The molecule has 4 nitrogen and oxygen atoms in total. The second kappa shape index (κ2) is 7.29. The lowest BCUT2D eigenvalue weighted by Gasteiger charge is -2.21. The van der Waals surface area contributed by atoms with Crippen molar-refractivity contribution in [1.29, 1.82) is 0 Å². The van der Waals surface area contributed by atoms with Crippen molar-refractivity contribution < 1.29 is 14.6 Å². The van der Waals surface area contributed by atoms with Crippen LogP contribution in [0, 0.1) is 11.8 Å². The molecule has 0 spiro atoms. The van der Waals surface area contributed by atoms with Crippen molar-refractivity contribution in [3.63, 3.8) is 0 Å². The average Bonchev–Trinajstić information content (AvgIpc) is 2.81. The molecular formula is C14H19NO3S. The van der Waals surface area contributed by atoms with Gasteiger partial charge in [0.25, 0.3) is 0 Å². The molecule has 0 saturated carbocycles. The van der Waals surface area contributed by atoms with Crippen LogP contribution in [-0.4, -0.2) is 30.3 Å². The summed E-state index contributed by atoms with van der Waals surface area (Å²) in [5.74, 6) is 5.38. The lowest BCUT2D eigenvalue weighted by molar-refractivity contribution is -0.126. The van der Waals surface area contributed by atoms with Gasteiger partial charge in [0.1, 0.15) is 6.61 Å². The third-order valence-electron chi connectivity index (χ3n) is 2.56. The number of aliphatic hydroxyl groups is 1. The lowest BCUT2D eigenvalue weighted by atomic mass is 10.1. The molecule has 0 saturated heterocycles. The van der Waals surface area contributed by atoms with Gasteiger partial charge in [0, 0.05) is 22.9 Å². The van der Waals surface area contributed by atoms with E-state index in [2.05, 4.69) is 17.2 Å². The number of amides is 1. The molecule has 1 heterocycles. The molecule has 0 radical (unpaired) electrons. The number of aliphatic hydroxyl groups excluding tert-OH is 1. The van der Waals surface area contributed by atoms with Crippen LogP contribution in [0.2, 0.25) is 0 Å². The first kappa shape index (κ1) is 15.7. The van der Waals surface area contributed by atoms with Gasteiger partial charge in [0.15, 0.2) is 0 Å². The number of methoxy groups -OCH3 is 1. The van der Waals surface area contributed by atoms with E-state index in [1.165, 1.54) is 11.3 Å². The van der Waals surface area contributed by atoms with Gasteiger partial charge in [-0.05, 0) is 19.9 Å². The predicted octanol–water partition coefficient (Wildman–Crippen LogP) is 1.52. The minimum absolute atomic E-state index is 0.0387. The number of hydrogen-bond donors (Lipinski definition) is 2. The number of rotatable bonds is 5. The molecule has 0 aliphatic heterocycles. The van der Waals surface area contributed by atoms with Crippen LogP contribution < -0.4 is 5.32 Å². The summed E-state index contributed by atoms with van der Waals surface area (Å²) >= 11 is 1.54. The number of thiophene rings is 1. The molecule has 1 rings (SSSR count). The van der Waals surface area contributed by atoms with Crippen molar-refractivity contribution in [3.8, 4) is 11.8 Å². The van der Waals surface area contributed by atoms with Crippen molar-refractivity contribution in [3.05, 3.63) is 21.9 Å². The number of nitrogens with one attached hydrogen (secondary N) is 1. The van der Waals surface area contributed by atoms with Gasteiger partial charge < -0.3 is 15.2 Å². The molecule has 1 aromatic rings. The molecule has 104 valence electrons. The molecule has 1 amide bonds. The fourth-order valence-electron chi connectivity index (χ4n) is 1.39. The zero-order valence-electron chi connectivity index (χ0n) is 11.4. The second-order valence-electron chi connectivity index (χ2n) is 4.68. The van der Waals surface area contributed by atoms with Crippen LogP contribution in [0.1, 0.15) is 30.7 Å². The van der Waals surface area contributed by atoms with Crippen LogP contribution in [0.4, 0.5) is 0 Å². The summed E-state index contributed by atoms with van der Waals surface area (Å²) in [7, 11) is 1.60. The number of ether oxygens (including phenoxy) is 1. The van der Waals surface area contributed by atoms with E-state index in [1.54, 1.807) is 7.11 Å². The van der Waals surface area contributed by atoms with E-state index in [0.717, 1.165) is 10.4 Å². The van der Waals surface area contributed by atoms with Crippen LogP contribution in [0.5, 0.6) is 0 Å². The van der Waals surface area contributed by atoms with Gasteiger partial charge in [-0.25, -0.2) is 0 Å². The van der Waals surface area contributed by atoms with Gasteiger partial charge in [-0.1, -0.05) is 11.8 Å². The number of hydrogen-bond acceptors (Lipinski definition) is 4. The van der Waals surface area contributed by atoms with Gasteiger partial charge >= 0.3 is 0 Å². The second-order valence-corrected chi connectivity index (χ2v) is 5.67. The Hall–Kier alpha value is -1.35. The first-order chi connectivity index (χ1) is 8.96. The van der Waals surface area contributed by atoms with E-state index in [0.29, 0.717) is 13.0 Å². The summed E-state index contributed by atoms with van der Waals surface area (Å²) in [6.45, 7) is 4.10. The van der Waals surface area contributed by atoms with Crippen molar-refractivity contribution >= 4 is 17.2 Å². The zero-order valence-corrected chi connectivity index (χ0v) is 12.3. The average molecular weight is 281 g/mol. The van der Waals surface area contributed by atoms with Gasteiger partial charge in [0.05, 0.1) is 18.6 Å². The molecule has 0 aliphatic carbocycles. The van der Waals surface area contributed by atoms with Crippen LogP contribution in [0.3, 0.4) is 0 Å². The van der Waals surface area contributed by atoms with Crippen molar-refractivity contribution in [1.82, 2.24) is 5.32 Å². The van der Waals surface area contributed by atoms with E-state index in [1.807, 2.05) is 25.3 Å². The quantitative estimate of drug-likeness (QED) is 0.805. The number of carbonyl (C=O) groups is 1. The lowest BCUT2D eigenvalue weighted by Crippen LogP contribution is -2.33. The van der Waals surface area contributed by atoms with E-state index in [9.17, 15) is 4.79 Å². The summed E-state index contributed by atoms with van der Waals surface area (Å²) in [5, 5.41) is 13.4. The fraction of sp³-hybridized carbons (Fsp3) is 0.500. The molecule has 0 aromatic carbocycles. The topological polar surface area (TPSA) is 58.6 Å². The van der Waals surface area contributed by atoms with Crippen molar-refractivity contribution in [2.24, 2.45) is 0 Å². The molecule has 0 atom stereocenters. The highest BCUT2D eigenvalue weighted by molar-refractivity contribution is 7.10. The zero-order chi connectivity index (χ0) is 14.3. The third-order valence-corrected chi connectivity index (χ3v) is 3.50. The Morgan fingerprint density at radius 2 is 2.32 bits per heavy atom. The van der Waals surface area contributed by atoms with E-state index in [4.69, 9.17) is 9.84 Å². The van der Waals surface area contributed by atoms with Crippen molar-refractivity contribution in [2.75, 3.05) is 13.7 Å². The number of carbonyl (C=O) groups excluding carboxylic acids is 1. The van der Waals surface area contributed by atoms with Gasteiger partial charge in [-0.2, -0.15) is 0 Å². The highest BCUT2D eigenvalue weighted by Gasteiger charge is 2.20. The third kappa shape index (κ3) is 5.88. The van der Waals surface area contributed by atoms with Crippen LogP contribution >= 0.6 is 11.3 Å². The van der Waals surface area contributed by atoms with Crippen molar-refractivity contribution in [2.45, 2.75) is 32.4 Å². The highest BCUT2D eigenvalue weighted by atomic mass is 32.1. The van der Waals surface area contributed by atoms with Crippen LogP contribution in [-0.2, 0) is 16.1 Å². The maximum atomic E-state index is 11.7. The smallest absolute Gasteiger partial charge is 0.223 e. The largest absolute Gasteiger partial charge is 0.384 e. The van der Waals surface area contributed by atoms with Gasteiger partial charge in [0.2, 0.25) is 5.91 Å². The fourth-order valence-corrected chi connectivity index (χ4v) is 2.14. The molecule has 5 heteroatoms.